The quantitative estimate of drug-likeness (QED) is 0.493. The maximum absolute atomic E-state index is 14.0. The molecule has 0 saturated carbocycles. The third-order valence-corrected chi connectivity index (χ3v) is 4.67. The van der Waals surface area contributed by atoms with Crippen LogP contribution in [-0.2, 0) is 14.3 Å². The van der Waals surface area contributed by atoms with Crippen molar-refractivity contribution in [3.05, 3.63) is 59.9 Å². The molecule has 0 bridgehead atoms. The van der Waals surface area contributed by atoms with E-state index in [1.807, 2.05) is 0 Å². The minimum Gasteiger partial charge on any atom is -0.505 e. The van der Waals surface area contributed by atoms with E-state index in [1.54, 1.807) is 18.2 Å². The van der Waals surface area contributed by atoms with Crippen molar-refractivity contribution in [3.63, 3.8) is 0 Å². The van der Waals surface area contributed by atoms with Crippen molar-refractivity contribution < 1.29 is 43.1 Å². The molecule has 0 fully saturated rings. The zero-order valence-electron chi connectivity index (χ0n) is 17.1. The molecule has 10 heteroatoms. The van der Waals surface area contributed by atoms with Crippen LogP contribution < -0.4 is 14.8 Å². The molecule has 1 aliphatic rings. The van der Waals surface area contributed by atoms with Gasteiger partial charge in [-0.25, -0.2) is 14.0 Å². The number of phenolic OH excluding ortho intramolecular Hbond substituents is 1. The second-order valence-corrected chi connectivity index (χ2v) is 6.82. The molecule has 0 radical (unpaired) electrons. The van der Waals surface area contributed by atoms with Crippen molar-refractivity contribution in [1.29, 1.82) is 0 Å². The van der Waals surface area contributed by atoms with Gasteiger partial charge in [0, 0.05) is 24.9 Å². The van der Waals surface area contributed by atoms with Crippen molar-refractivity contribution in [1.82, 2.24) is 0 Å². The maximum atomic E-state index is 14.0. The van der Waals surface area contributed by atoms with E-state index >= 15 is 0 Å². The third-order valence-electron chi connectivity index (χ3n) is 4.67. The zero-order valence-corrected chi connectivity index (χ0v) is 17.1. The van der Waals surface area contributed by atoms with Crippen LogP contribution in [0.5, 0.6) is 17.2 Å². The molecule has 32 heavy (non-hydrogen) atoms. The fraction of sp³-hybridized carbons (Fsp3) is 0.273. The van der Waals surface area contributed by atoms with Crippen molar-refractivity contribution in [2.75, 3.05) is 19.2 Å². The number of carbonyl (C=O) groups excluding carboxylic acids is 1. The molecule has 0 aromatic heterocycles. The number of hydrogen-bond donors (Lipinski definition) is 3. The number of phenols is 1. The molecule has 0 spiro atoms. The van der Waals surface area contributed by atoms with E-state index in [9.17, 15) is 19.1 Å². The second kappa shape index (κ2) is 10.5. The first-order valence-electron chi connectivity index (χ1n) is 9.65. The zero-order chi connectivity index (χ0) is 23.1. The smallest absolute Gasteiger partial charge is 0.412 e. The van der Waals surface area contributed by atoms with E-state index < -0.39 is 35.8 Å². The van der Waals surface area contributed by atoms with E-state index in [1.165, 1.54) is 19.3 Å². The number of rotatable bonds is 9. The number of anilines is 1. The molecular weight excluding hydrogens is 425 g/mol. The molecule has 0 aliphatic carbocycles. The number of carbonyl (C=O) groups is 2. The number of methoxy groups -OCH3 is 1. The van der Waals surface area contributed by atoms with Crippen LogP contribution in [0.15, 0.2) is 48.6 Å². The predicted octanol–water partition coefficient (Wildman–Crippen LogP) is 3.99. The van der Waals surface area contributed by atoms with Crippen LogP contribution in [0.3, 0.4) is 0 Å². The van der Waals surface area contributed by atoms with Crippen molar-refractivity contribution in [2.45, 2.75) is 25.0 Å². The van der Waals surface area contributed by atoms with Gasteiger partial charge in [-0.05, 0) is 42.7 Å². The summed E-state index contributed by atoms with van der Waals surface area (Å²) >= 11 is 0. The molecule has 2 atom stereocenters. The van der Waals surface area contributed by atoms with E-state index in [-0.39, 0.29) is 18.8 Å². The number of fused-ring (bicyclic) bond motifs is 1. The van der Waals surface area contributed by atoms with Gasteiger partial charge in [-0.1, -0.05) is 12.1 Å². The monoisotopic (exact) mass is 447 g/mol. The molecule has 1 aliphatic heterocycles. The van der Waals surface area contributed by atoms with Gasteiger partial charge >= 0.3 is 12.1 Å². The van der Waals surface area contributed by atoms with E-state index in [0.29, 0.717) is 23.6 Å². The molecule has 1 heterocycles. The Hall–Kier alpha value is -3.79. The second-order valence-electron chi connectivity index (χ2n) is 6.82. The van der Waals surface area contributed by atoms with Crippen LogP contribution in [0, 0.1) is 5.82 Å². The normalized spacial score (nSPS) is 14.2. The first-order valence-corrected chi connectivity index (χ1v) is 9.65. The van der Waals surface area contributed by atoms with E-state index in [2.05, 4.69) is 5.32 Å². The Labute approximate surface area is 183 Å². The first-order chi connectivity index (χ1) is 15.4. The van der Waals surface area contributed by atoms with Gasteiger partial charge < -0.3 is 29.2 Å². The highest BCUT2D eigenvalue weighted by molar-refractivity contribution is 5.85. The molecular formula is C22H22FNO8. The number of allylic oxidation sites excluding steroid dienone is 1. The summed E-state index contributed by atoms with van der Waals surface area (Å²) in [6.45, 7) is 0.0869. The molecule has 3 N–H and O–H groups in total. The van der Waals surface area contributed by atoms with Gasteiger partial charge in [0.2, 0.25) is 6.79 Å². The Morgan fingerprint density at radius 3 is 2.72 bits per heavy atom. The topological polar surface area (TPSA) is 124 Å². The Morgan fingerprint density at radius 2 is 2.00 bits per heavy atom. The number of ether oxygens (including phenoxy) is 4. The summed E-state index contributed by atoms with van der Waals surface area (Å²) in [7, 11) is 1.40. The van der Waals surface area contributed by atoms with Gasteiger partial charge in [0.15, 0.2) is 29.2 Å². The summed E-state index contributed by atoms with van der Waals surface area (Å²) in [4.78, 5) is 23.2. The van der Waals surface area contributed by atoms with Gasteiger partial charge in [0.05, 0.1) is 6.10 Å². The Morgan fingerprint density at radius 1 is 1.22 bits per heavy atom. The molecule has 2 aromatic rings. The van der Waals surface area contributed by atoms with Crippen molar-refractivity contribution in [2.24, 2.45) is 0 Å². The summed E-state index contributed by atoms with van der Waals surface area (Å²) in [5.41, 5.74) is 0.656. The van der Waals surface area contributed by atoms with E-state index in [0.717, 1.165) is 18.2 Å². The fourth-order valence-corrected chi connectivity index (χ4v) is 3.13. The highest BCUT2D eigenvalue weighted by atomic mass is 19.1. The number of halogens is 1. The summed E-state index contributed by atoms with van der Waals surface area (Å²) in [5.74, 6) is -1.49. The molecule has 3 rings (SSSR count). The van der Waals surface area contributed by atoms with Crippen LogP contribution in [0.1, 0.15) is 24.5 Å². The lowest BCUT2D eigenvalue weighted by Crippen LogP contribution is -2.28. The Kier molecular flexibility index (Phi) is 7.50. The van der Waals surface area contributed by atoms with Gasteiger partial charge in [-0.2, -0.15) is 0 Å². The lowest BCUT2D eigenvalue weighted by Gasteiger charge is -2.26. The number of benzene rings is 2. The Bertz CT molecular complexity index is 1010. The van der Waals surface area contributed by atoms with Gasteiger partial charge in [0.1, 0.15) is 0 Å². The number of carboxylic acid groups (broad SMARTS) is 1. The van der Waals surface area contributed by atoms with Crippen LogP contribution in [0.2, 0.25) is 0 Å². The third kappa shape index (κ3) is 5.88. The number of nitrogens with one attached hydrogen (secondary N) is 1. The average Bonchev–Trinajstić information content (AvgIpc) is 3.22. The van der Waals surface area contributed by atoms with Gasteiger partial charge in [-0.15, -0.1) is 0 Å². The number of aromatic hydroxyl groups is 1. The van der Waals surface area contributed by atoms with Crippen LogP contribution >= 0.6 is 0 Å². The molecule has 1 amide bonds. The predicted molar refractivity (Wildman–Crippen MR) is 110 cm³/mol. The van der Waals surface area contributed by atoms with E-state index in [4.69, 9.17) is 24.1 Å². The van der Waals surface area contributed by atoms with Crippen LogP contribution in [0.25, 0.3) is 0 Å². The molecule has 2 aromatic carbocycles. The number of carboxylic acids is 1. The highest BCUT2D eigenvalue weighted by Gasteiger charge is 2.28. The van der Waals surface area contributed by atoms with Gasteiger partial charge in [0.25, 0.3) is 0 Å². The van der Waals surface area contributed by atoms with Crippen molar-refractivity contribution in [3.8, 4) is 17.2 Å². The molecule has 0 saturated heterocycles. The summed E-state index contributed by atoms with van der Waals surface area (Å²) in [6, 6.07) is 8.42. The Balaban J connectivity index is 1.76. The first kappa shape index (κ1) is 22.9. The number of amides is 1. The summed E-state index contributed by atoms with van der Waals surface area (Å²) in [5, 5.41) is 20.8. The van der Waals surface area contributed by atoms with Crippen LogP contribution in [-0.4, -0.2) is 42.3 Å². The highest BCUT2D eigenvalue weighted by Crippen LogP contribution is 2.35. The minimum atomic E-state index is -1.09. The lowest BCUT2D eigenvalue weighted by atomic mass is 10.00. The van der Waals surface area contributed by atoms with Crippen molar-refractivity contribution >= 4 is 17.7 Å². The lowest BCUT2D eigenvalue weighted by molar-refractivity contribution is -0.131. The maximum Gasteiger partial charge on any atom is 0.412 e. The number of hydrogen-bond acceptors (Lipinski definition) is 7. The average molecular weight is 447 g/mol. The SMILES string of the molecule is CO[C@@H](CC/C=C/C(=O)O)[C@@H](OC(=O)Nc1ccc2c(c1)OCO2)c1ccc(O)c(F)c1. The molecule has 9 nitrogen and oxygen atoms in total. The fourth-order valence-electron chi connectivity index (χ4n) is 3.13. The summed E-state index contributed by atoms with van der Waals surface area (Å²) in [6.07, 6.45) is 0.442. The molecule has 170 valence electrons. The van der Waals surface area contributed by atoms with Crippen LogP contribution in [0.4, 0.5) is 14.9 Å². The van der Waals surface area contributed by atoms with Gasteiger partial charge in [-0.3, -0.25) is 5.32 Å². The minimum absolute atomic E-state index is 0.0869. The molecule has 0 unspecified atom stereocenters. The summed E-state index contributed by atoms with van der Waals surface area (Å²) < 4.78 is 35.5. The standard InChI is InChI=1S/C22H22FNO8/c1-29-18(4-2-3-5-20(26)27)21(13-6-8-16(25)15(23)10-13)32-22(28)24-14-7-9-17-19(11-14)31-12-30-17/h3,5-11,18,21,25H,2,4,12H2,1H3,(H,24,28)(H,26,27)/b5-3+/t18-,21-/m0/s1. The largest absolute Gasteiger partial charge is 0.505 e. The number of aliphatic carboxylic acids is 1.